The van der Waals surface area contributed by atoms with Gasteiger partial charge in [-0.1, -0.05) is 57.9 Å². The second-order valence-electron chi connectivity index (χ2n) is 8.39. The quantitative estimate of drug-likeness (QED) is 0.343. The van der Waals surface area contributed by atoms with Gasteiger partial charge >= 0.3 is 7.60 Å². The zero-order valence-corrected chi connectivity index (χ0v) is 24.5. The van der Waals surface area contributed by atoms with Crippen LogP contribution in [0.3, 0.4) is 0 Å². The van der Waals surface area contributed by atoms with Gasteiger partial charge in [0.25, 0.3) is 0 Å². The number of carbonyl (C=O) groups is 1. The molecule has 13 heteroatoms. The summed E-state index contributed by atoms with van der Waals surface area (Å²) in [4.78, 5) is 12.4. The van der Waals surface area contributed by atoms with Crippen LogP contribution in [0, 0.1) is 6.92 Å². The van der Waals surface area contributed by atoms with Crippen molar-refractivity contribution in [2.24, 2.45) is 0 Å². The van der Waals surface area contributed by atoms with E-state index in [1.807, 2.05) is 0 Å². The highest BCUT2D eigenvalue weighted by atomic mass is 79.9. The molecular formula is C25H23BrNO8PS2. The van der Waals surface area contributed by atoms with Crippen LogP contribution < -0.4 is 4.72 Å². The number of ketones is 1. The third-order valence-electron chi connectivity index (χ3n) is 6.09. The molecule has 4 rings (SSSR count). The van der Waals surface area contributed by atoms with Crippen LogP contribution in [0.4, 0.5) is 0 Å². The van der Waals surface area contributed by atoms with Crippen molar-refractivity contribution in [3.05, 3.63) is 105 Å². The molecule has 0 aliphatic heterocycles. The Morgan fingerprint density at radius 3 is 1.97 bits per heavy atom. The SMILES string of the molecule is COP(=O)(OC)C1(NS(=O)(=O)c2ccc(Br)cc2)C=C(S(=O)(=O)c2ccc(C)cc2)C(=O)c2ccccc21. The van der Waals surface area contributed by atoms with Gasteiger partial charge < -0.3 is 9.05 Å². The number of fused-ring (bicyclic) bond motifs is 1. The van der Waals surface area contributed by atoms with Crippen LogP contribution in [0.15, 0.2) is 98.0 Å². The third-order valence-corrected chi connectivity index (χ3v) is 12.3. The van der Waals surface area contributed by atoms with Gasteiger partial charge in [0, 0.05) is 29.8 Å². The molecule has 9 nitrogen and oxygen atoms in total. The van der Waals surface area contributed by atoms with Crippen LogP contribution >= 0.6 is 23.5 Å². The number of nitrogens with one attached hydrogen (secondary N) is 1. The lowest BCUT2D eigenvalue weighted by atomic mass is 9.92. The first-order valence-electron chi connectivity index (χ1n) is 11.0. The summed E-state index contributed by atoms with van der Waals surface area (Å²) in [7, 11) is -11.5. The van der Waals surface area contributed by atoms with Gasteiger partial charge in [-0.15, -0.1) is 0 Å². The first-order chi connectivity index (χ1) is 17.8. The molecule has 0 saturated heterocycles. The number of rotatable bonds is 8. The average Bonchev–Trinajstić information content (AvgIpc) is 2.90. The molecule has 0 fully saturated rings. The zero-order valence-electron chi connectivity index (χ0n) is 20.4. The van der Waals surface area contributed by atoms with E-state index < -0.39 is 43.4 Å². The van der Waals surface area contributed by atoms with E-state index in [1.54, 1.807) is 19.1 Å². The summed E-state index contributed by atoms with van der Waals surface area (Å²) in [6, 6.07) is 17.1. The third kappa shape index (κ3) is 4.75. The van der Waals surface area contributed by atoms with Crippen molar-refractivity contribution in [3.63, 3.8) is 0 Å². The Hall–Kier alpha value is -2.44. The summed E-state index contributed by atoms with van der Waals surface area (Å²) in [5.41, 5.74) is 0.534. The molecule has 0 spiro atoms. The molecule has 1 N–H and O–H groups in total. The Labute approximate surface area is 229 Å². The highest BCUT2D eigenvalue weighted by molar-refractivity contribution is 9.10. The summed E-state index contributed by atoms with van der Waals surface area (Å²) >= 11 is 3.25. The monoisotopic (exact) mass is 639 g/mol. The van der Waals surface area contributed by atoms with Crippen molar-refractivity contribution in [3.8, 4) is 0 Å². The number of Topliss-reactive ketones (excluding diaryl/α,β-unsaturated/α-hetero) is 1. The summed E-state index contributed by atoms with van der Waals surface area (Å²) in [6.07, 6.45) is 0.830. The van der Waals surface area contributed by atoms with Crippen LogP contribution in [0.25, 0.3) is 0 Å². The van der Waals surface area contributed by atoms with Gasteiger partial charge in [0.2, 0.25) is 25.6 Å². The predicted octanol–water partition coefficient (Wildman–Crippen LogP) is 4.93. The Morgan fingerprint density at radius 1 is 0.842 bits per heavy atom. The van der Waals surface area contributed by atoms with Crippen LogP contribution in [0.5, 0.6) is 0 Å². The minimum absolute atomic E-state index is 0.0828. The van der Waals surface area contributed by atoms with Crippen LogP contribution in [0.2, 0.25) is 0 Å². The van der Waals surface area contributed by atoms with E-state index in [4.69, 9.17) is 9.05 Å². The van der Waals surface area contributed by atoms with Gasteiger partial charge in [0.05, 0.1) is 9.79 Å². The standard InChI is InChI=1S/C25H23BrNO8PS2/c1-17-8-12-19(13-9-17)37(30,31)23-16-25(36(29,34-2)35-3,22-7-5-4-6-21(22)24(23)28)27-38(32,33)20-14-10-18(26)11-15-20/h4-16,27H,1-3H3. The molecule has 3 aromatic carbocycles. The maximum absolute atomic E-state index is 14.2. The summed E-state index contributed by atoms with van der Waals surface area (Å²) in [5, 5.41) is -2.42. The van der Waals surface area contributed by atoms with Crippen molar-refractivity contribution in [2.75, 3.05) is 14.2 Å². The normalized spacial score (nSPS) is 18.1. The highest BCUT2D eigenvalue weighted by Gasteiger charge is 2.58. The van der Waals surface area contributed by atoms with Crippen molar-refractivity contribution in [2.45, 2.75) is 22.0 Å². The number of carbonyl (C=O) groups excluding carboxylic acids is 1. The van der Waals surface area contributed by atoms with Crippen molar-refractivity contribution in [1.82, 2.24) is 4.72 Å². The molecule has 1 atom stereocenters. The molecule has 0 heterocycles. The van der Waals surface area contributed by atoms with Gasteiger partial charge in [-0.25, -0.2) is 16.8 Å². The summed E-state index contributed by atoms with van der Waals surface area (Å²) < 4.78 is 82.4. The maximum atomic E-state index is 14.2. The van der Waals surface area contributed by atoms with Crippen LogP contribution in [-0.4, -0.2) is 36.8 Å². The van der Waals surface area contributed by atoms with Crippen molar-refractivity contribution >= 4 is 49.2 Å². The maximum Gasteiger partial charge on any atom is 0.359 e. The van der Waals surface area contributed by atoms with Gasteiger partial charge in [0.15, 0.2) is 5.28 Å². The summed E-state index contributed by atoms with van der Waals surface area (Å²) in [5.74, 6) is -0.890. The number of sulfonamides is 1. The number of benzene rings is 3. The number of aryl methyl sites for hydroxylation is 1. The minimum Gasteiger partial charge on any atom is -0.310 e. The number of allylic oxidation sites excluding steroid dienone is 1. The van der Waals surface area contributed by atoms with Crippen molar-refractivity contribution in [1.29, 1.82) is 0 Å². The Morgan fingerprint density at radius 2 is 1.39 bits per heavy atom. The summed E-state index contributed by atoms with van der Waals surface area (Å²) in [6.45, 7) is 1.77. The first kappa shape index (κ1) is 28.6. The lowest BCUT2D eigenvalue weighted by Gasteiger charge is -2.39. The highest BCUT2D eigenvalue weighted by Crippen LogP contribution is 2.66. The van der Waals surface area contributed by atoms with Gasteiger partial charge in [0.1, 0.15) is 4.91 Å². The second kappa shape index (κ2) is 10.3. The van der Waals surface area contributed by atoms with Gasteiger partial charge in [-0.2, -0.15) is 4.72 Å². The van der Waals surface area contributed by atoms with Crippen molar-refractivity contribution < 1.29 is 35.2 Å². The zero-order chi connectivity index (χ0) is 27.9. The molecule has 1 unspecified atom stereocenters. The number of hydrogen-bond donors (Lipinski definition) is 1. The predicted molar refractivity (Wildman–Crippen MR) is 145 cm³/mol. The van der Waals surface area contributed by atoms with E-state index in [9.17, 15) is 26.2 Å². The fraction of sp³-hybridized carbons (Fsp3) is 0.160. The first-order valence-corrected chi connectivity index (χ1v) is 16.3. The largest absolute Gasteiger partial charge is 0.359 e. The van der Waals surface area contributed by atoms with E-state index in [0.29, 0.717) is 4.47 Å². The van der Waals surface area contributed by atoms with Crippen LogP contribution in [-0.2, 0) is 38.8 Å². The molecule has 200 valence electrons. The molecule has 0 radical (unpaired) electrons. The number of hydrogen-bond acceptors (Lipinski definition) is 8. The topological polar surface area (TPSA) is 133 Å². The molecule has 1 aliphatic carbocycles. The minimum atomic E-state index is -4.57. The Bertz CT molecular complexity index is 1690. The Balaban J connectivity index is 2.07. The smallest absolute Gasteiger partial charge is 0.310 e. The average molecular weight is 640 g/mol. The molecule has 1 aliphatic rings. The fourth-order valence-electron chi connectivity index (χ4n) is 4.13. The molecule has 0 aromatic heterocycles. The lowest BCUT2D eigenvalue weighted by Crippen LogP contribution is -2.48. The van der Waals surface area contributed by atoms with Gasteiger partial charge in [-0.3, -0.25) is 9.36 Å². The van der Waals surface area contributed by atoms with Crippen LogP contribution in [0.1, 0.15) is 21.5 Å². The molecular weight excluding hydrogens is 617 g/mol. The molecule has 0 bridgehead atoms. The number of halogens is 1. The van der Waals surface area contributed by atoms with E-state index in [1.165, 1.54) is 60.7 Å². The molecule has 38 heavy (non-hydrogen) atoms. The molecule has 0 amide bonds. The second-order valence-corrected chi connectivity index (χ2v) is 15.3. The molecule has 3 aromatic rings. The van der Waals surface area contributed by atoms with E-state index in [2.05, 4.69) is 20.7 Å². The van der Waals surface area contributed by atoms with E-state index in [-0.39, 0.29) is 20.9 Å². The van der Waals surface area contributed by atoms with E-state index in [0.717, 1.165) is 25.9 Å². The number of sulfone groups is 1. The van der Waals surface area contributed by atoms with E-state index >= 15 is 0 Å². The molecule has 0 saturated carbocycles. The Kier molecular flexibility index (Phi) is 7.72. The van der Waals surface area contributed by atoms with Gasteiger partial charge in [-0.05, 0) is 49.4 Å². The lowest BCUT2D eigenvalue weighted by molar-refractivity contribution is 0.103. The fourth-order valence-corrected chi connectivity index (χ4v) is 9.42.